The van der Waals surface area contributed by atoms with Gasteiger partial charge in [-0.3, -0.25) is 23.4 Å². The molecule has 372 valence electrons. The molecule has 2 N–H and O–H groups in total. The first-order valence-electron chi connectivity index (χ1n) is 25.5. The summed E-state index contributed by atoms with van der Waals surface area (Å²) in [5.74, 6) is -1.49. The zero-order valence-corrected chi connectivity index (χ0v) is 41.6. The van der Waals surface area contributed by atoms with E-state index in [1.54, 1.807) is 0 Å². The Morgan fingerprint density at radius 2 is 0.812 bits per heavy atom. The van der Waals surface area contributed by atoms with Crippen LogP contribution in [0.5, 0.6) is 0 Å². The van der Waals surface area contributed by atoms with Crippen LogP contribution in [0.1, 0.15) is 226 Å². The molecule has 3 atom stereocenters. The molecular weight excluding hydrogens is 832 g/mol. The first kappa shape index (κ1) is 61.4. The molecule has 0 aliphatic heterocycles. The molecule has 0 aromatic heterocycles. The van der Waals surface area contributed by atoms with E-state index >= 15 is 0 Å². The van der Waals surface area contributed by atoms with Crippen molar-refractivity contribution in [2.75, 3.05) is 26.4 Å². The number of ether oxygens (including phenoxy) is 3. The maximum absolute atomic E-state index is 12.8. The van der Waals surface area contributed by atoms with E-state index in [2.05, 4.69) is 69.4 Å². The van der Waals surface area contributed by atoms with Gasteiger partial charge in [0, 0.05) is 19.3 Å². The molecule has 0 bridgehead atoms. The number of allylic oxidation sites excluding steroid dienone is 8. The van der Waals surface area contributed by atoms with Crippen LogP contribution in [0, 0.1) is 0 Å². The molecule has 3 unspecified atom stereocenters. The number of aliphatic hydroxyl groups is 1. The fraction of sp³-hybridized carbons (Fsp3) is 0.788. The minimum atomic E-state index is -4.74. The molecule has 0 spiro atoms. The van der Waals surface area contributed by atoms with Gasteiger partial charge in [-0.05, 0) is 77.0 Å². The number of phosphoric ester groups is 1. The Hall–Kier alpha value is -2.56. The lowest BCUT2D eigenvalue weighted by molar-refractivity contribution is -0.161. The van der Waals surface area contributed by atoms with E-state index in [4.69, 9.17) is 23.3 Å². The van der Waals surface area contributed by atoms with Gasteiger partial charge in [-0.25, -0.2) is 4.57 Å². The topological polar surface area (TPSA) is 155 Å². The summed E-state index contributed by atoms with van der Waals surface area (Å²) < 4.78 is 39.2. The highest BCUT2D eigenvalue weighted by atomic mass is 31.2. The fourth-order valence-corrected chi connectivity index (χ4v) is 7.62. The number of unbranched alkanes of at least 4 members (excludes halogenated alkanes) is 22. The van der Waals surface area contributed by atoms with Crippen LogP contribution in [0.2, 0.25) is 0 Å². The van der Waals surface area contributed by atoms with Gasteiger partial charge in [-0.2, -0.15) is 0 Å². The predicted octanol–water partition coefficient (Wildman–Crippen LogP) is 14.2. The molecule has 0 heterocycles. The molecule has 11 nitrogen and oxygen atoms in total. The van der Waals surface area contributed by atoms with E-state index in [-0.39, 0.29) is 25.9 Å². The molecular formula is C52H93O11P. The maximum Gasteiger partial charge on any atom is 0.472 e. The zero-order chi connectivity index (χ0) is 47.0. The Morgan fingerprint density at radius 1 is 0.453 bits per heavy atom. The Kier molecular flexibility index (Phi) is 45.1. The van der Waals surface area contributed by atoms with Gasteiger partial charge in [0.1, 0.15) is 12.7 Å². The Labute approximate surface area is 390 Å². The summed E-state index contributed by atoms with van der Waals surface area (Å²) in [4.78, 5) is 48.2. The molecule has 0 radical (unpaired) electrons. The van der Waals surface area contributed by atoms with Gasteiger partial charge in [0.15, 0.2) is 6.10 Å². The fourth-order valence-electron chi connectivity index (χ4n) is 6.83. The first-order chi connectivity index (χ1) is 31.2. The highest BCUT2D eigenvalue weighted by Crippen LogP contribution is 2.43. The largest absolute Gasteiger partial charge is 0.472 e. The van der Waals surface area contributed by atoms with Gasteiger partial charge in [-0.1, -0.05) is 179 Å². The van der Waals surface area contributed by atoms with Crippen molar-refractivity contribution >= 4 is 25.7 Å². The lowest BCUT2D eigenvalue weighted by Gasteiger charge is -2.21. The normalized spacial score (nSPS) is 13.9. The van der Waals surface area contributed by atoms with E-state index in [0.717, 1.165) is 109 Å². The number of esters is 3. The average Bonchev–Trinajstić information content (AvgIpc) is 3.28. The van der Waals surface area contributed by atoms with Crippen LogP contribution >= 0.6 is 7.82 Å². The number of hydrogen-bond acceptors (Lipinski definition) is 10. The summed E-state index contributed by atoms with van der Waals surface area (Å²) in [6, 6.07) is 0. The summed E-state index contributed by atoms with van der Waals surface area (Å²) >= 11 is 0. The Morgan fingerprint density at radius 3 is 1.28 bits per heavy atom. The highest BCUT2D eigenvalue weighted by Gasteiger charge is 2.28. The number of aliphatic hydroxyl groups excluding tert-OH is 1. The van der Waals surface area contributed by atoms with Gasteiger partial charge in [0.25, 0.3) is 0 Å². The summed E-state index contributed by atoms with van der Waals surface area (Å²) in [5, 5.41) is 9.73. The molecule has 0 aliphatic carbocycles. The Balaban J connectivity index is 4.78. The number of hydrogen-bond donors (Lipinski definition) is 2. The number of rotatable bonds is 47. The maximum atomic E-state index is 12.8. The van der Waals surface area contributed by atoms with Crippen molar-refractivity contribution in [2.24, 2.45) is 0 Å². The van der Waals surface area contributed by atoms with Crippen molar-refractivity contribution in [2.45, 2.75) is 238 Å². The summed E-state index contributed by atoms with van der Waals surface area (Å²) in [6.07, 6.45) is 46.6. The van der Waals surface area contributed by atoms with Crippen LogP contribution in [-0.4, -0.2) is 66.5 Å². The zero-order valence-electron chi connectivity index (χ0n) is 40.7. The number of carbonyl (C=O) groups is 3. The lowest BCUT2D eigenvalue weighted by atomic mass is 10.1. The number of carbonyl (C=O) groups excluding carboxylic acids is 3. The van der Waals surface area contributed by atoms with Crippen molar-refractivity contribution in [3.05, 3.63) is 48.6 Å². The van der Waals surface area contributed by atoms with Crippen LogP contribution in [0.3, 0.4) is 0 Å². The molecule has 0 aliphatic rings. The summed E-state index contributed by atoms with van der Waals surface area (Å²) in [7, 11) is -4.74. The molecule has 0 saturated carbocycles. The second kappa shape index (κ2) is 47.0. The van der Waals surface area contributed by atoms with Gasteiger partial charge in [0.05, 0.1) is 19.8 Å². The number of phosphoric acid groups is 1. The molecule has 0 rings (SSSR count). The minimum Gasteiger partial charge on any atom is -0.462 e. The Bertz CT molecular complexity index is 1260. The van der Waals surface area contributed by atoms with Gasteiger partial charge in [0.2, 0.25) is 0 Å². The van der Waals surface area contributed by atoms with E-state index in [1.165, 1.54) is 57.8 Å². The van der Waals surface area contributed by atoms with Gasteiger partial charge < -0.3 is 24.2 Å². The molecule has 0 fully saturated rings. The van der Waals surface area contributed by atoms with Crippen molar-refractivity contribution in [3.8, 4) is 0 Å². The second-order valence-electron chi connectivity index (χ2n) is 17.0. The summed E-state index contributed by atoms with van der Waals surface area (Å²) in [6.45, 7) is 4.45. The SMILES string of the molecule is CC/C=C\C/C=C\C/C=C\CCCCCCCC(=O)OCC(COP(=O)(O)OCC(CO)OC(=O)CCCCCCCCCCC)OC(=O)CCCCCCC/C=C\CCCCCC. The third kappa shape index (κ3) is 44.6. The van der Waals surface area contributed by atoms with Crippen LogP contribution < -0.4 is 0 Å². The van der Waals surface area contributed by atoms with E-state index < -0.39 is 57.8 Å². The van der Waals surface area contributed by atoms with E-state index in [0.29, 0.717) is 19.3 Å². The van der Waals surface area contributed by atoms with Crippen molar-refractivity contribution in [1.82, 2.24) is 0 Å². The van der Waals surface area contributed by atoms with Crippen molar-refractivity contribution in [1.29, 1.82) is 0 Å². The summed E-state index contributed by atoms with van der Waals surface area (Å²) in [5.41, 5.74) is 0. The molecule has 0 saturated heterocycles. The second-order valence-corrected chi connectivity index (χ2v) is 18.4. The third-order valence-electron chi connectivity index (χ3n) is 10.7. The van der Waals surface area contributed by atoms with Gasteiger partial charge >= 0.3 is 25.7 Å². The predicted molar refractivity (Wildman–Crippen MR) is 261 cm³/mol. The minimum absolute atomic E-state index is 0.155. The van der Waals surface area contributed by atoms with Crippen molar-refractivity contribution in [3.63, 3.8) is 0 Å². The van der Waals surface area contributed by atoms with Crippen LogP contribution in [0.4, 0.5) is 0 Å². The first-order valence-corrected chi connectivity index (χ1v) is 27.0. The third-order valence-corrected chi connectivity index (χ3v) is 11.7. The van der Waals surface area contributed by atoms with Crippen LogP contribution in [0.15, 0.2) is 48.6 Å². The van der Waals surface area contributed by atoms with E-state index in [9.17, 15) is 28.9 Å². The quantitative estimate of drug-likeness (QED) is 0.0197. The van der Waals surface area contributed by atoms with Crippen LogP contribution in [-0.2, 0) is 42.2 Å². The molecule has 12 heteroatoms. The smallest absolute Gasteiger partial charge is 0.462 e. The standard InChI is InChI=1S/C52H93O11P/c1-4-7-10-13-16-19-21-23-24-26-27-30-32-35-38-41-50(54)59-45-49(63-52(56)43-40-37-34-31-28-25-22-20-17-14-11-8-5-2)47-61-64(57,58)60-46-48(44-53)62-51(55)42-39-36-33-29-18-15-12-9-6-3/h7,10,16,19-20,22-24,48-49,53H,4-6,8-9,11-15,17-18,21,25-47H2,1-3H3,(H,57,58)/b10-7-,19-16-,22-20-,24-23-. The van der Waals surface area contributed by atoms with Crippen molar-refractivity contribution < 1.29 is 52.2 Å². The average molecular weight is 925 g/mol. The molecule has 64 heavy (non-hydrogen) atoms. The van der Waals surface area contributed by atoms with Crippen LogP contribution in [0.25, 0.3) is 0 Å². The van der Waals surface area contributed by atoms with E-state index in [1.807, 2.05) is 0 Å². The molecule has 0 aromatic rings. The highest BCUT2D eigenvalue weighted by molar-refractivity contribution is 7.47. The molecule has 0 amide bonds. The lowest BCUT2D eigenvalue weighted by Crippen LogP contribution is -2.30. The molecule has 0 aromatic carbocycles. The monoisotopic (exact) mass is 925 g/mol. The van der Waals surface area contributed by atoms with Gasteiger partial charge in [-0.15, -0.1) is 0 Å².